The predicted octanol–water partition coefficient (Wildman–Crippen LogP) is 0.569. The topological polar surface area (TPSA) is 59.0 Å². The second-order valence-corrected chi connectivity index (χ2v) is 1.64. The molecule has 0 rings (SSSR count). The molecule has 8 heavy (non-hydrogen) atoms. The van der Waals surface area contributed by atoms with Crippen molar-refractivity contribution in [3.8, 4) is 6.07 Å². The van der Waals surface area contributed by atoms with E-state index in [-0.39, 0.29) is 6.10 Å². The van der Waals surface area contributed by atoms with E-state index >= 15 is 0 Å². The lowest BCUT2D eigenvalue weighted by molar-refractivity contribution is 0.0617. The van der Waals surface area contributed by atoms with Crippen LogP contribution < -0.4 is 5.90 Å². The summed E-state index contributed by atoms with van der Waals surface area (Å²) >= 11 is 0. The molecule has 2 N–H and O–H groups in total. The zero-order valence-electron chi connectivity index (χ0n) is 4.92. The van der Waals surface area contributed by atoms with Gasteiger partial charge in [0.2, 0.25) is 0 Å². The maximum Gasteiger partial charge on any atom is 0.0769 e. The summed E-state index contributed by atoms with van der Waals surface area (Å²) in [5.41, 5.74) is 0. The summed E-state index contributed by atoms with van der Waals surface area (Å²) in [4.78, 5) is 4.40. The lowest BCUT2D eigenvalue weighted by Gasteiger charge is -2.02. The van der Waals surface area contributed by atoms with Crippen molar-refractivity contribution in [1.82, 2.24) is 0 Å². The number of rotatable bonds is 3. The van der Waals surface area contributed by atoms with Crippen LogP contribution in [-0.4, -0.2) is 6.10 Å². The Morgan fingerprint density at radius 1 is 1.88 bits per heavy atom. The average molecular weight is 114 g/mol. The molecule has 0 fully saturated rings. The third-order valence-electron chi connectivity index (χ3n) is 0.895. The van der Waals surface area contributed by atoms with Crippen molar-refractivity contribution in [1.29, 1.82) is 5.26 Å². The molecule has 3 heteroatoms. The molecule has 0 aromatic carbocycles. The van der Waals surface area contributed by atoms with Gasteiger partial charge in [-0.05, 0) is 13.3 Å². The molecule has 0 aromatic rings. The van der Waals surface area contributed by atoms with Gasteiger partial charge in [0.05, 0.1) is 12.2 Å². The molecule has 1 atom stereocenters. The Morgan fingerprint density at radius 3 is 2.88 bits per heavy atom. The van der Waals surface area contributed by atoms with Crippen molar-refractivity contribution in [2.45, 2.75) is 25.9 Å². The van der Waals surface area contributed by atoms with Gasteiger partial charge < -0.3 is 4.84 Å². The zero-order valence-corrected chi connectivity index (χ0v) is 4.92. The lowest BCUT2D eigenvalue weighted by atomic mass is 10.2. The van der Waals surface area contributed by atoms with Gasteiger partial charge in [0.1, 0.15) is 0 Å². The van der Waals surface area contributed by atoms with E-state index in [0.29, 0.717) is 12.8 Å². The molecule has 0 aromatic heterocycles. The smallest absolute Gasteiger partial charge is 0.0769 e. The Hall–Kier alpha value is -0.590. The molecule has 0 saturated carbocycles. The van der Waals surface area contributed by atoms with Gasteiger partial charge in [-0.3, -0.25) is 0 Å². The normalized spacial score (nSPS) is 12.6. The maximum absolute atomic E-state index is 8.06. The molecular formula is C5H10N2O. The Kier molecular flexibility index (Phi) is 4.23. The highest BCUT2D eigenvalue weighted by Gasteiger charge is 1.96. The van der Waals surface area contributed by atoms with Crippen LogP contribution in [0.5, 0.6) is 0 Å². The fraction of sp³-hybridized carbons (Fsp3) is 0.800. The minimum Gasteiger partial charge on any atom is -0.302 e. The predicted molar refractivity (Wildman–Crippen MR) is 29.6 cm³/mol. The first-order chi connectivity index (χ1) is 3.81. The van der Waals surface area contributed by atoms with Gasteiger partial charge in [-0.2, -0.15) is 5.26 Å². The van der Waals surface area contributed by atoms with Crippen LogP contribution in [0.2, 0.25) is 0 Å². The maximum atomic E-state index is 8.06. The summed E-state index contributed by atoms with van der Waals surface area (Å²) in [5, 5.41) is 8.06. The third-order valence-corrected chi connectivity index (χ3v) is 0.895. The summed E-state index contributed by atoms with van der Waals surface area (Å²) in [5.74, 6) is 4.80. The number of nitrogens with zero attached hydrogens (tertiary/aromatic N) is 1. The van der Waals surface area contributed by atoms with Gasteiger partial charge in [0.15, 0.2) is 0 Å². The van der Waals surface area contributed by atoms with E-state index in [1.807, 2.05) is 13.0 Å². The van der Waals surface area contributed by atoms with Crippen molar-refractivity contribution in [3.05, 3.63) is 0 Å². The van der Waals surface area contributed by atoms with Crippen LogP contribution in [0.4, 0.5) is 0 Å². The molecule has 0 aliphatic carbocycles. The highest BCUT2D eigenvalue weighted by atomic mass is 16.6. The summed E-state index contributed by atoms with van der Waals surface area (Å²) in [6, 6.07) is 2.00. The summed E-state index contributed by atoms with van der Waals surface area (Å²) in [7, 11) is 0. The van der Waals surface area contributed by atoms with E-state index in [0.717, 1.165) is 0 Å². The van der Waals surface area contributed by atoms with E-state index in [1.54, 1.807) is 0 Å². The third kappa shape index (κ3) is 3.59. The van der Waals surface area contributed by atoms with Crippen LogP contribution >= 0.6 is 0 Å². The highest BCUT2D eigenvalue weighted by Crippen LogP contribution is 1.95. The second-order valence-electron chi connectivity index (χ2n) is 1.64. The van der Waals surface area contributed by atoms with E-state index < -0.39 is 0 Å². The van der Waals surface area contributed by atoms with Crippen LogP contribution in [0.1, 0.15) is 19.8 Å². The highest BCUT2D eigenvalue weighted by molar-refractivity contribution is 4.69. The summed E-state index contributed by atoms with van der Waals surface area (Å²) in [6.45, 7) is 1.83. The minimum atomic E-state index is 0.00894. The van der Waals surface area contributed by atoms with Gasteiger partial charge in [0, 0.05) is 6.42 Å². The van der Waals surface area contributed by atoms with Crippen molar-refractivity contribution in [2.75, 3.05) is 0 Å². The number of nitrogens with two attached hydrogens (primary N) is 1. The molecule has 0 aliphatic heterocycles. The molecule has 0 saturated heterocycles. The Morgan fingerprint density at radius 2 is 2.50 bits per heavy atom. The quantitative estimate of drug-likeness (QED) is 0.545. The van der Waals surface area contributed by atoms with Gasteiger partial charge in [-0.15, -0.1) is 0 Å². The number of hydrogen-bond acceptors (Lipinski definition) is 3. The van der Waals surface area contributed by atoms with Crippen LogP contribution in [0.25, 0.3) is 0 Å². The van der Waals surface area contributed by atoms with Crippen LogP contribution in [0.15, 0.2) is 0 Å². The molecule has 3 nitrogen and oxygen atoms in total. The first-order valence-electron chi connectivity index (χ1n) is 2.53. The van der Waals surface area contributed by atoms with Crippen molar-refractivity contribution >= 4 is 0 Å². The summed E-state index contributed by atoms with van der Waals surface area (Å²) in [6.07, 6.45) is 1.24. The summed E-state index contributed by atoms with van der Waals surface area (Å²) < 4.78 is 0. The van der Waals surface area contributed by atoms with E-state index in [2.05, 4.69) is 4.84 Å². The van der Waals surface area contributed by atoms with Gasteiger partial charge in [0.25, 0.3) is 0 Å². The van der Waals surface area contributed by atoms with Gasteiger partial charge >= 0.3 is 0 Å². The molecule has 0 aliphatic rings. The fourth-order valence-electron chi connectivity index (χ4n) is 0.336. The molecule has 1 unspecified atom stereocenters. The van der Waals surface area contributed by atoms with Gasteiger partial charge in [-0.1, -0.05) is 0 Å². The fourth-order valence-corrected chi connectivity index (χ4v) is 0.336. The molecule has 0 amide bonds. The van der Waals surface area contributed by atoms with Crippen molar-refractivity contribution in [3.63, 3.8) is 0 Å². The Labute approximate surface area is 49.0 Å². The van der Waals surface area contributed by atoms with Gasteiger partial charge in [-0.25, -0.2) is 5.90 Å². The molecular weight excluding hydrogens is 104 g/mol. The van der Waals surface area contributed by atoms with Crippen molar-refractivity contribution < 1.29 is 4.84 Å². The number of nitriles is 1. The van der Waals surface area contributed by atoms with Crippen LogP contribution in [0, 0.1) is 11.3 Å². The van der Waals surface area contributed by atoms with E-state index in [9.17, 15) is 0 Å². The van der Waals surface area contributed by atoms with E-state index in [4.69, 9.17) is 11.2 Å². The SMILES string of the molecule is CC(CCC#N)ON. The lowest BCUT2D eigenvalue weighted by Crippen LogP contribution is -2.12. The largest absolute Gasteiger partial charge is 0.302 e. The second kappa shape index (κ2) is 4.57. The molecule has 0 spiro atoms. The molecule has 0 heterocycles. The first-order valence-corrected chi connectivity index (χ1v) is 2.53. The van der Waals surface area contributed by atoms with Crippen molar-refractivity contribution in [2.24, 2.45) is 5.90 Å². The molecule has 46 valence electrons. The molecule has 0 radical (unpaired) electrons. The van der Waals surface area contributed by atoms with Crippen LogP contribution in [-0.2, 0) is 4.84 Å². The monoisotopic (exact) mass is 114 g/mol. The Bertz CT molecular complexity index is 86.9. The minimum absolute atomic E-state index is 0.00894. The average Bonchev–Trinajstić information content (AvgIpc) is 1.83. The standard InChI is InChI=1S/C5H10N2O/c1-5(8-7)3-2-4-6/h5H,2-3,7H2,1H3. The Balaban J connectivity index is 3.01. The zero-order chi connectivity index (χ0) is 6.41. The first kappa shape index (κ1) is 7.41. The van der Waals surface area contributed by atoms with Crippen LogP contribution in [0.3, 0.4) is 0 Å². The van der Waals surface area contributed by atoms with E-state index in [1.165, 1.54) is 0 Å². The molecule has 0 bridgehead atoms. The number of hydrogen-bond donors (Lipinski definition) is 1.